The van der Waals surface area contributed by atoms with E-state index in [0.29, 0.717) is 12.2 Å². The molecule has 1 aliphatic rings. The number of aromatic nitrogens is 1. The molecule has 1 N–H and O–H groups in total. The molecule has 0 spiro atoms. The standard InChI is InChI=1S/C12H18N2O3/c1-8-6-11(17-13-8)12(16)14(2)7-9-4-3-5-10(9)15/h6,9-10,15H,3-5,7H2,1-2H3. The molecule has 0 aromatic carbocycles. The topological polar surface area (TPSA) is 66.6 Å². The Labute approximate surface area is 100 Å². The van der Waals surface area contributed by atoms with Gasteiger partial charge in [-0.15, -0.1) is 0 Å². The summed E-state index contributed by atoms with van der Waals surface area (Å²) in [5.74, 6) is 0.273. The van der Waals surface area contributed by atoms with Gasteiger partial charge < -0.3 is 14.5 Å². The zero-order chi connectivity index (χ0) is 12.4. The molecule has 5 nitrogen and oxygen atoms in total. The van der Waals surface area contributed by atoms with Crippen molar-refractivity contribution in [3.8, 4) is 0 Å². The molecule has 1 heterocycles. The second kappa shape index (κ2) is 4.87. The number of rotatable bonds is 3. The molecule has 0 bridgehead atoms. The third kappa shape index (κ3) is 2.66. The molecule has 1 aromatic heterocycles. The molecule has 5 heteroatoms. The maximum Gasteiger partial charge on any atom is 0.292 e. The highest BCUT2D eigenvalue weighted by Gasteiger charge is 2.28. The van der Waals surface area contributed by atoms with Crippen LogP contribution in [-0.2, 0) is 0 Å². The smallest absolute Gasteiger partial charge is 0.292 e. The summed E-state index contributed by atoms with van der Waals surface area (Å²) < 4.78 is 4.93. The van der Waals surface area contributed by atoms with Gasteiger partial charge in [-0.2, -0.15) is 0 Å². The van der Waals surface area contributed by atoms with Gasteiger partial charge >= 0.3 is 0 Å². The zero-order valence-electron chi connectivity index (χ0n) is 10.2. The lowest BCUT2D eigenvalue weighted by Crippen LogP contribution is -2.34. The van der Waals surface area contributed by atoms with E-state index in [1.165, 1.54) is 0 Å². The average Bonchev–Trinajstić information content (AvgIpc) is 2.88. The van der Waals surface area contributed by atoms with Crippen LogP contribution in [0.4, 0.5) is 0 Å². The van der Waals surface area contributed by atoms with Crippen LogP contribution in [0, 0.1) is 12.8 Å². The van der Waals surface area contributed by atoms with Crippen molar-refractivity contribution in [3.05, 3.63) is 17.5 Å². The first kappa shape index (κ1) is 12.1. The molecule has 0 saturated heterocycles. The van der Waals surface area contributed by atoms with Crippen LogP contribution in [0.2, 0.25) is 0 Å². The number of aliphatic hydroxyl groups is 1. The molecule has 1 fully saturated rings. The van der Waals surface area contributed by atoms with Gasteiger partial charge in [0, 0.05) is 25.6 Å². The van der Waals surface area contributed by atoms with Crippen LogP contribution in [-0.4, -0.2) is 40.8 Å². The molecular formula is C12H18N2O3. The maximum absolute atomic E-state index is 12.0. The zero-order valence-corrected chi connectivity index (χ0v) is 10.2. The van der Waals surface area contributed by atoms with E-state index in [0.717, 1.165) is 19.3 Å². The normalized spacial score (nSPS) is 23.9. The first-order valence-electron chi connectivity index (χ1n) is 5.95. The lowest BCUT2D eigenvalue weighted by atomic mass is 10.1. The molecule has 0 aliphatic heterocycles. The molecule has 0 radical (unpaired) electrons. The Hall–Kier alpha value is -1.36. The fraction of sp³-hybridized carbons (Fsp3) is 0.667. The third-order valence-electron chi connectivity index (χ3n) is 3.31. The Morgan fingerprint density at radius 2 is 2.41 bits per heavy atom. The SMILES string of the molecule is Cc1cc(C(=O)N(C)CC2CCCC2O)on1. The lowest BCUT2D eigenvalue weighted by molar-refractivity contribution is 0.0656. The van der Waals surface area contributed by atoms with E-state index in [9.17, 15) is 9.90 Å². The van der Waals surface area contributed by atoms with Gasteiger partial charge in [-0.05, 0) is 19.8 Å². The second-order valence-corrected chi connectivity index (χ2v) is 4.78. The highest BCUT2D eigenvalue weighted by Crippen LogP contribution is 2.26. The number of nitrogens with zero attached hydrogens (tertiary/aromatic N) is 2. The van der Waals surface area contributed by atoms with Gasteiger partial charge in [0.2, 0.25) is 5.76 Å². The summed E-state index contributed by atoms with van der Waals surface area (Å²) >= 11 is 0. The molecule has 1 amide bonds. The Balaban J connectivity index is 1.95. The van der Waals surface area contributed by atoms with Gasteiger partial charge in [-0.25, -0.2) is 0 Å². The van der Waals surface area contributed by atoms with Crippen molar-refractivity contribution in [2.24, 2.45) is 5.92 Å². The summed E-state index contributed by atoms with van der Waals surface area (Å²) in [7, 11) is 1.73. The second-order valence-electron chi connectivity index (χ2n) is 4.78. The van der Waals surface area contributed by atoms with E-state index >= 15 is 0 Å². The number of aryl methyl sites for hydroxylation is 1. The van der Waals surface area contributed by atoms with Crippen LogP contribution < -0.4 is 0 Å². The quantitative estimate of drug-likeness (QED) is 0.859. The summed E-state index contributed by atoms with van der Waals surface area (Å²) in [4.78, 5) is 13.6. The van der Waals surface area contributed by atoms with Crippen molar-refractivity contribution >= 4 is 5.91 Å². The molecule has 1 aliphatic carbocycles. The lowest BCUT2D eigenvalue weighted by Gasteiger charge is -2.22. The minimum atomic E-state index is -0.276. The molecule has 94 valence electrons. The molecule has 1 saturated carbocycles. The van der Waals surface area contributed by atoms with Gasteiger partial charge in [-0.3, -0.25) is 4.79 Å². The van der Waals surface area contributed by atoms with Crippen molar-refractivity contribution in [1.82, 2.24) is 10.1 Å². The molecule has 1 aromatic rings. The highest BCUT2D eigenvalue weighted by molar-refractivity contribution is 5.91. The van der Waals surface area contributed by atoms with E-state index in [1.807, 2.05) is 0 Å². The number of carbonyl (C=O) groups excluding carboxylic acids is 1. The minimum absolute atomic E-state index is 0.176. The van der Waals surface area contributed by atoms with Gasteiger partial charge in [0.25, 0.3) is 5.91 Å². The fourth-order valence-electron chi connectivity index (χ4n) is 2.32. The predicted octanol–water partition coefficient (Wildman–Crippen LogP) is 1.22. The van der Waals surface area contributed by atoms with Crippen molar-refractivity contribution in [2.45, 2.75) is 32.3 Å². The van der Waals surface area contributed by atoms with Gasteiger partial charge in [0.05, 0.1) is 11.8 Å². The van der Waals surface area contributed by atoms with Crippen molar-refractivity contribution < 1.29 is 14.4 Å². The van der Waals surface area contributed by atoms with Crippen molar-refractivity contribution in [1.29, 1.82) is 0 Å². The third-order valence-corrected chi connectivity index (χ3v) is 3.31. The molecule has 2 rings (SSSR count). The van der Waals surface area contributed by atoms with Crippen LogP contribution in [0.1, 0.15) is 35.5 Å². The van der Waals surface area contributed by atoms with Crippen LogP contribution in [0.15, 0.2) is 10.6 Å². The molecule has 17 heavy (non-hydrogen) atoms. The summed E-state index contributed by atoms with van der Waals surface area (Å²) in [6.07, 6.45) is 2.58. The highest BCUT2D eigenvalue weighted by atomic mass is 16.5. The first-order valence-corrected chi connectivity index (χ1v) is 5.95. The van der Waals surface area contributed by atoms with Gasteiger partial charge in [0.1, 0.15) is 0 Å². The summed E-state index contributed by atoms with van der Waals surface area (Å²) in [5.41, 5.74) is 0.697. The van der Waals surface area contributed by atoms with E-state index < -0.39 is 0 Å². The van der Waals surface area contributed by atoms with Crippen LogP contribution in [0.3, 0.4) is 0 Å². The number of amides is 1. The molecule has 2 atom stereocenters. The van der Waals surface area contributed by atoms with Crippen LogP contribution >= 0.6 is 0 Å². The Morgan fingerprint density at radius 3 is 2.94 bits per heavy atom. The molecule has 2 unspecified atom stereocenters. The van der Waals surface area contributed by atoms with E-state index in [-0.39, 0.29) is 23.7 Å². The number of aliphatic hydroxyl groups excluding tert-OH is 1. The molecular weight excluding hydrogens is 220 g/mol. The van der Waals surface area contributed by atoms with Crippen molar-refractivity contribution in [3.63, 3.8) is 0 Å². The van der Waals surface area contributed by atoms with Crippen LogP contribution in [0.25, 0.3) is 0 Å². The number of carbonyl (C=O) groups is 1. The van der Waals surface area contributed by atoms with E-state index in [4.69, 9.17) is 4.52 Å². The Kier molecular flexibility index (Phi) is 3.47. The monoisotopic (exact) mass is 238 g/mol. The summed E-state index contributed by atoms with van der Waals surface area (Å²) in [6.45, 7) is 2.35. The first-order chi connectivity index (χ1) is 8.08. The van der Waals surface area contributed by atoms with Gasteiger partial charge in [-0.1, -0.05) is 11.6 Å². The van der Waals surface area contributed by atoms with Gasteiger partial charge in [0.15, 0.2) is 0 Å². The van der Waals surface area contributed by atoms with Crippen LogP contribution in [0.5, 0.6) is 0 Å². The van der Waals surface area contributed by atoms with E-state index in [1.54, 1.807) is 24.9 Å². The summed E-state index contributed by atoms with van der Waals surface area (Å²) in [5, 5.41) is 13.4. The maximum atomic E-state index is 12.0. The largest absolute Gasteiger partial charge is 0.393 e. The Morgan fingerprint density at radius 1 is 1.65 bits per heavy atom. The average molecular weight is 238 g/mol. The number of hydrogen-bond acceptors (Lipinski definition) is 4. The van der Waals surface area contributed by atoms with Crippen molar-refractivity contribution in [2.75, 3.05) is 13.6 Å². The number of hydrogen-bond donors (Lipinski definition) is 1. The minimum Gasteiger partial charge on any atom is -0.393 e. The Bertz CT molecular complexity index is 402. The summed E-state index contributed by atoms with van der Waals surface area (Å²) in [6, 6.07) is 1.63. The fourth-order valence-corrected chi connectivity index (χ4v) is 2.32. The van der Waals surface area contributed by atoms with E-state index in [2.05, 4.69) is 5.16 Å². The predicted molar refractivity (Wildman–Crippen MR) is 61.5 cm³/mol.